The molecule has 2 N–H and O–H groups in total. The van der Waals surface area contributed by atoms with E-state index in [2.05, 4.69) is 10.2 Å². The Kier molecular flexibility index (Phi) is 5.43. The second kappa shape index (κ2) is 7.81. The summed E-state index contributed by atoms with van der Waals surface area (Å²) in [5, 5.41) is 14.4. The van der Waals surface area contributed by atoms with Crippen molar-refractivity contribution in [2.45, 2.75) is 44.1 Å². The lowest BCUT2D eigenvalue weighted by molar-refractivity contribution is -0.186. The van der Waals surface area contributed by atoms with Crippen molar-refractivity contribution < 1.29 is 23.8 Å². The Morgan fingerprint density at radius 2 is 1.96 bits per heavy atom. The van der Waals surface area contributed by atoms with Crippen LogP contribution in [0.2, 0.25) is 0 Å². The summed E-state index contributed by atoms with van der Waals surface area (Å²) in [6.45, 7) is 5.17. The first-order valence-corrected chi connectivity index (χ1v) is 9.45. The number of aliphatic hydroxyl groups is 1. The van der Waals surface area contributed by atoms with Crippen LogP contribution in [0.1, 0.15) is 12.5 Å². The highest BCUT2D eigenvalue weighted by atomic mass is 19.1. The van der Waals surface area contributed by atoms with Gasteiger partial charge in [0, 0.05) is 39.6 Å². The number of halogens is 1. The number of hydrogen-bond acceptors (Lipinski definition) is 6. The first-order valence-electron chi connectivity index (χ1n) is 9.45. The molecule has 8 heteroatoms. The van der Waals surface area contributed by atoms with E-state index in [-0.39, 0.29) is 29.9 Å². The molecule has 1 aromatic carbocycles. The van der Waals surface area contributed by atoms with Crippen molar-refractivity contribution in [1.82, 2.24) is 15.1 Å². The summed E-state index contributed by atoms with van der Waals surface area (Å²) in [6.07, 6.45) is -1.31. The standard InChI is InChI=1S/C19H26FN3O4/c1-12(24)22-6-8-23(9-7-22)17-18(25)16(15-11-26-19(17)27-15)21-10-13-2-4-14(20)5-3-13/h2-5,15-19,21,25H,6-11H2,1H3/t15-,16+,17-,18-,19+/m0/s1. The van der Waals surface area contributed by atoms with E-state index in [9.17, 15) is 14.3 Å². The zero-order valence-electron chi connectivity index (χ0n) is 15.4. The van der Waals surface area contributed by atoms with Gasteiger partial charge in [-0.3, -0.25) is 9.69 Å². The third kappa shape index (κ3) is 3.86. The summed E-state index contributed by atoms with van der Waals surface area (Å²) in [5.41, 5.74) is 0.941. The van der Waals surface area contributed by atoms with Crippen molar-refractivity contribution in [1.29, 1.82) is 0 Å². The first-order chi connectivity index (χ1) is 13.0. The van der Waals surface area contributed by atoms with E-state index in [4.69, 9.17) is 9.47 Å². The molecule has 5 atom stereocenters. The van der Waals surface area contributed by atoms with Crippen LogP contribution in [0.25, 0.3) is 0 Å². The molecule has 0 aromatic heterocycles. The van der Waals surface area contributed by atoms with E-state index in [0.717, 1.165) is 5.56 Å². The van der Waals surface area contributed by atoms with Gasteiger partial charge in [0.05, 0.1) is 24.8 Å². The quantitative estimate of drug-likeness (QED) is 0.763. The number of carbonyl (C=O) groups is 1. The molecule has 4 rings (SSSR count). The van der Waals surface area contributed by atoms with Crippen molar-refractivity contribution >= 4 is 5.91 Å². The van der Waals surface area contributed by atoms with Crippen molar-refractivity contribution in [3.05, 3.63) is 35.6 Å². The lowest BCUT2D eigenvalue weighted by Gasteiger charge is -2.46. The van der Waals surface area contributed by atoms with Crippen LogP contribution in [0.15, 0.2) is 24.3 Å². The van der Waals surface area contributed by atoms with E-state index in [1.165, 1.54) is 12.1 Å². The molecule has 1 amide bonds. The van der Waals surface area contributed by atoms with Crippen molar-refractivity contribution in [3.63, 3.8) is 0 Å². The van der Waals surface area contributed by atoms with E-state index < -0.39 is 12.4 Å². The maximum Gasteiger partial charge on any atom is 0.219 e. The molecule has 27 heavy (non-hydrogen) atoms. The summed E-state index contributed by atoms with van der Waals surface area (Å²) in [7, 11) is 0. The van der Waals surface area contributed by atoms with E-state index in [1.807, 2.05) is 4.90 Å². The number of amides is 1. The molecule has 3 aliphatic rings. The number of hydrogen-bond donors (Lipinski definition) is 2. The minimum atomic E-state index is -0.652. The second-order valence-electron chi connectivity index (χ2n) is 7.43. The average molecular weight is 379 g/mol. The van der Waals surface area contributed by atoms with Gasteiger partial charge in [-0.25, -0.2) is 4.39 Å². The van der Waals surface area contributed by atoms with Gasteiger partial charge < -0.3 is 24.8 Å². The molecular weight excluding hydrogens is 353 g/mol. The van der Waals surface area contributed by atoms with Crippen LogP contribution in [0.5, 0.6) is 0 Å². The lowest BCUT2D eigenvalue weighted by Crippen LogP contribution is -2.66. The molecule has 1 aromatic rings. The zero-order valence-corrected chi connectivity index (χ0v) is 15.4. The Hall–Kier alpha value is -1.58. The number of carbonyl (C=O) groups excluding carboxylic acids is 1. The van der Waals surface area contributed by atoms with Gasteiger partial charge in [0.1, 0.15) is 11.9 Å². The summed E-state index contributed by atoms with van der Waals surface area (Å²) in [4.78, 5) is 15.5. The summed E-state index contributed by atoms with van der Waals surface area (Å²) >= 11 is 0. The SMILES string of the molecule is CC(=O)N1CCN([C@@H]2[C@@H]3OC[C@H](O3)[C@@H](NCc3ccc(F)cc3)[C@@H]2O)CC1. The van der Waals surface area contributed by atoms with Crippen LogP contribution in [-0.2, 0) is 20.8 Å². The van der Waals surface area contributed by atoms with Gasteiger partial charge >= 0.3 is 0 Å². The lowest BCUT2D eigenvalue weighted by atomic mass is 9.94. The molecule has 148 valence electrons. The van der Waals surface area contributed by atoms with Crippen molar-refractivity contribution in [2.75, 3.05) is 32.8 Å². The molecule has 2 bridgehead atoms. The fraction of sp³-hybridized carbons (Fsp3) is 0.632. The minimum Gasteiger partial charge on any atom is -0.390 e. The fourth-order valence-corrected chi connectivity index (χ4v) is 4.21. The number of ether oxygens (including phenoxy) is 2. The van der Waals surface area contributed by atoms with Gasteiger partial charge in [0.15, 0.2) is 6.29 Å². The molecule has 0 spiro atoms. The summed E-state index contributed by atoms with van der Waals surface area (Å²) < 4.78 is 24.9. The topological polar surface area (TPSA) is 74.3 Å². The van der Waals surface area contributed by atoms with E-state index in [0.29, 0.717) is 39.3 Å². The predicted octanol–water partition coefficient (Wildman–Crippen LogP) is -0.0674. The van der Waals surface area contributed by atoms with Gasteiger partial charge in [0.2, 0.25) is 5.91 Å². The monoisotopic (exact) mass is 379 g/mol. The minimum absolute atomic E-state index is 0.0751. The molecule has 3 aliphatic heterocycles. The number of benzene rings is 1. The number of nitrogens with zero attached hydrogens (tertiary/aromatic N) is 2. The normalized spacial score (nSPS) is 34.0. The van der Waals surface area contributed by atoms with Crippen LogP contribution in [0.3, 0.4) is 0 Å². The van der Waals surface area contributed by atoms with Crippen LogP contribution >= 0.6 is 0 Å². The van der Waals surface area contributed by atoms with Crippen LogP contribution in [0.4, 0.5) is 4.39 Å². The van der Waals surface area contributed by atoms with Crippen molar-refractivity contribution in [3.8, 4) is 0 Å². The summed E-state index contributed by atoms with van der Waals surface area (Å²) in [5.74, 6) is -0.192. The molecule has 3 heterocycles. The third-order valence-electron chi connectivity index (χ3n) is 5.77. The maximum atomic E-state index is 13.1. The van der Waals surface area contributed by atoms with Crippen molar-refractivity contribution in [2.24, 2.45) is 0 Å². The Labute approximate surface area is 158 Å². The molecule has 0 saturated carbocycles. The number of nitrogens with one attached hydrogen (secondary N) is 1. The largest absolute Gasteiger partial charge is 0.390 e. The Morgan fingerprint density at radius 1 is 1.26 bits per heavy atom. The van der Waals surface area contributed by atoms with Crippen LogP contribution < -0.4 is 5.32 Å². The summed E-state index contributed by atoms with van der Waals surface area (Å²) in [6, 6.07) is 5.76. The molecule has 0 aliphatic carbocycles. The highest BCUT2D eigenvalue weighted by Gasteiger charge is 2.52. The number of aliphatic hydroxyl groups excluding tert-OH is 1. The Bertz CT molecular complexity index is 665. The zero-order chi connectivity index (χ0) is 19.0. The van der Waals surface area contributed by atoms with E-state index >= 15 is 0 Å². The Balaban J connectivity index is 1.41. The van der Waals surface area contributed by atoms with Gasteiger partial charge in [-0.15, -0.1) is 0 Å². The third-order valence-corrected chi connectivity index (χ3v) is 5.77. The molecule has 7 nitrogen and oxygen atoms in total. The Morgan fingerprint density at radius 3 is 2.63 bits per heavy atom. The number of fused-ring (bicyclic) bond motifs is 2. The molecule has 0 unspecified atom stereocenters. The highest BCUT2D eigenvalue weighted by molar-refractivity contribution is 5.73. The molecule has 0 radical (unpaired) electrons. The van der Waals surface area contributed by atoms with Gasteiger partial charge in [-0.05, 0) is 17.7 Å². The molecular formula is C19H26FN3O4. The van der Waals surface area contributed by atoms with Gasteiger partial charge in [-0.1, -0.05) is 12.1 Å². The van der Waals surface area contributed by atoms with E-state index in [1.54, 1.807) is 19.1 Å². The average Bonchev–Trinajstić information content (AvgIpc) is 3.08. The number of rotatable bonds is 4. The first kappa shape index (κ1) is 18.8. The van der Waals surface area contributed by atoms with Crippen LogP contribution in [0, 0.1) is 5.82 Å². The fourth-order valence-electron chi connectivity index (χ4n) is 4.21. The number of piperazine rings is 1. The highest BCUT2D eigenvalue weighted by Crippen LogP contribution is 2.32. The second-order valence-corrected chi connectivity index (χ2v) is 7.43. The molecule has 3 saturated heterocycles. The predicted molar refractivity (Wildman–Crippen MR) is 95.3 cm³/mol. The van der Waals surface area contributed by atoms with Gasteiger partial charge in [0.25, 0.3) is 0 Å². The smallest absolute Gasteiger partial charge is 0.219 e. The van der Waals surface area contributed by atoms with Gasteiger partial charge in [-0.2, -0.15) is 0 Å². The maximum absolute atomic E-state index is 13.1. The molecule has 3 fully saturated rings. The van der Waals surface area contributed by atoms with Crippen LogP contribution in [-0.4, -0.2) is 84.2 Å².